The third-order valence-electron chi connectivity index (χ3n) is 5.99. The first kappa shape index (κ1) is 24.4. The first-order valence-corrected chi connectivity index (χ1v) is 11.4. The number of carbonyl (C=O) groups excluding carboxylic acids is 1. The van der Waals surface area contributed by atoms with E-state index in [1.54, 1.807) is 47.1 Å². The van der Waals surface area contributed by atoms with Crippen LogP contribution < -0.4 is 10.0 Å². The molecule has 2 atom stereocenters. The zero-order valence-corrected chi connectivity index (χ0v) is 19.8. The summed E-state index contributed by atoms with van der Waals surface area (Å²) >= 11 is 12.1. The smallest absolute Gasteiger partial charge is 0.257 e. The summed E-state index contributed by atoms with van der Waals surface area (Å²) in [5, 5.41) is 15.1. The minimum absolute atomic E-state index is 0.00553. The van der Waals surface area contributed by atoms with E-state index in [-0.39, 0.29) is 25.4 Å². The number of alkyl halides is 2. The summed E-state index contributed by atoms with van der Waals surface area (Å²) in [4.78, 5) is 18.8. The van der Waals surface area contributed by atoms with Crippen molar-refractivity contribution < 1.29 is 18.3 Å². The fourth-order valence-electron chi connectivity index (χ4n) is 4.10. The largest absolute Gasteiger partial charge is 0.619 e. The van der Waals surface area contributed by atoms with Crippen molar-refractivity contribution >= 4 is 34.9 Å². The molecule has 0 bridgehead atoms. The van der Waals surface area contributed by atoms with Crippen molar-refractivity contribution in [3.63, 3.8) is 0 Å². The zero-order valence-electron chi connectivity index (χ0n) is 18.3. The molecule has 0 radical (unpaired) electrons. The van der Waals surface area contributed by atoms with Crippen molar-refractivity contribution in [1.82, 2.24) is 14.5 Å². The van der Waals surface area contributed by atoms with Gasteiger partial charge in [0, 0.05) is 54.4 Å². The minimum atomic E-state index is -2.93. The average Bonchev–Trinajstić information content (AvgIpc) is 3.19. The molecule has 2 aromatic heterocycles. The number of imidazole rings is 1. The highest BCUT2D eigenvalue weighted by molar-refractivity contribution is 6.34. The van der Waals surface area contributed by atoms with Crippen molar-refractivity contribution in [2.24, 2.45) is 0 Å². The molecule has 11 heteroatoms. The van der Waals surface area contributed by atoms with Gasteiger partial charge in [-0.05, 0) is 36.2 Å². The van der Waals surface area contributed by atoms with Gasteiger partial charge in [0.25, 0.3) is 5.92 Å². The van der Waals surface area contributed by atoms with Crippen LogP contribution in [0.3, 0.4) is 0 Å². The molecule has 180 valence electrons. The van der Waals surface area contributed by atoms with Crippen molar-refractivity contribution in [1.29, 1.82) is 0 Å². The first-order chi connectivity index (χ1) is 16.1. The van der Waals surface area contributed by atoms with Gasteiger partial charge in [0.1, 0.15) is 0 Å². The molecular weight excluding hydrogens is 487 g/mol. The molecule has 1 aliphatic heterocycles. The topological polar surface area (TPSA) is 77.1 Å². The molecule has 1 aromatic carbocycles. The number of amides is 1. The number of halogens is 4. The lowest BCUT2D eigenvalue weighted by molar-refractivity contribution is -0.605. The molecule has 1 fully saturated rings. The van der Waals surface area contributed by atoms with Crippen LogP contribution in [0.1, 0.15) is 30.4 Å². The van der Waals surface area contributed by atoms with Gasteiger partial charge in [-0.25, -0.2) is 13.8 Å². The van der Waals surface area contributed by atoms with E-state index in [4.69, 9.17) is 23.2 Å². The molecule has 3 aromatic rings. The summed E-state index contributed by atoms with van der Waals surface area (Å²) < 4.78 is 31.6. The van der Waals surface area contributed by atoms with Crippen LogP contribution in [0, 0.1) is 5.21 Å². The number of pyridine rings is 1. The van der Waals surface area contributed by atoms with Gasteiger partial charge in [0.2, 0.25) is 5.91 Å². The molecule has 0 aliphatic carbocycles. The average molecular weight is 510 g/mol. The summed E-state index contributed by atoms with van der Waals surface area (Å²) in [6.07, 6.45) is 5.28. The van der Waals surface area contributed by atoms with Crippen LogP contribution in [0.15, 0.2) is 55.2 Å². The van der Waals surface area contributed by atoms with Crippen LogP contribution in [0.25, 0.3) is 0 Å². The van der Waals surface area contributed by atoms with E-state index in [0.29, 0.717) is 32.7 Å². The monoisotopic (exact) mass is 509 g/mol. The van der Waals surface area contributed by atoms with Crippen LogP contribution in [-0.2, 0) is 11.3 Å². The number of hydrogen-bond acceptors (Lipinski definition) is 4. The van der Waals surface area contributed by atoms with Crippen LogP contribution in [0.4, 0.5) is 14.6 Å². The number of piperidine rings is 1. The van der Waals surface area contributed by atoms with Crippen molar-refractivity contribution in [3.05, 3.63) is 81.6 Å². The maximum Gasteiger partial charge on any atom is 0.257 e. The highest BCUT2D eigenvalue weighted by Gasteiger charge is 2.46. The highest BCUT2D eigenvalue weighted by Crippen LogP contribution is 2.40. The Kier molecular flexibility index (Phi) is 7.06. The van der Waals surface area contributed by atoms with Crippen LogP contribution in [0.5, 0.6) is 0 Å². The molecule has 1 amide bonds. The lowest BCUT2D eigenvalue weighted by Gasteiger charge is -2.40. The molecule has 34 heavy (non-hydrogen) atoms. The number of hydrogen-bond donors (Lipinski definition) is 1. The van der Waals surface area contributed by atoms with Crippen LogP contribution in [-0.4, -0.2) is 45.4 Å². The number of aromatic nitrogens is 3. The Morgan fingerprint density at radius 2 is 1.97 bits per heavy atom. The molecule has 1 N–H and O–H groups in total. The van der Waals surface area contributed by atoms with Gasteiger partial charge in [0.05, 0.1) is 18.3 Å². The second-order valence-electron chi connectivity index (χ2n) is 8.42. The molecule has 4 rings (SSSR count). The van der Waals surface area contributed by atoms with E-state index in [0.717, 1.165) is 5.56 Å². The molecule has 0 spiro atoms. The van der Waals surface area contributed by atoms with Gasteiger partial charge >= 0.3 is 0 Å². The van der Waals surface area contributed by atoms with Gasteiger partial charge in [-0.1, -0.05) is 23.2 Å². The first-order valence-electron chi connectivity index (χ1n) is 10.7. The quantitative estimate of drug-likeness (QED) is 0.396. The van der Waals surface area contributed by atoms with Crippen LogP contribution >= 0.6 is 23.2 Å². The second kappa shape index (κ2) is 9.85. The second-order valence-corrected chi connectivity index (χ2v) is 9.30. The number of anilines is 1. The number of nitrogens with zero attached hydrogens (tertiary/aromatic N) is 4. The summed E-state index contributed by atoms with van der Waals surface area (Å²) in [7, 11) is 0. The van der Waals surface area contributed by atoms with Gasteiger partial charge in [-0.15, -0.1) is 0 Å². The maximum atomic E-state index is 14.6. The van der Waals surface area contributed by atoms with E-state index < -0.39 is 17.9 Å². The lowest BCUT2D eigenvalue weighted by atomic mass is 9.87. The summed E-state index contributed by atoms with van der Waals surface area (Å²) in [6, 6.07) is 7.38. The van der Waals surface area contributed by atoms with E-state index in [9.17, 15) is 18.8 Å². The van der Waals surface area contributed by atoms with Crippen molar-refractivity contribution in [2.75, 3.05) is 18.4 Å². The third-order valence-corrected chi connectivity index (χ3v) is 6.43. The van der Waals surface area contributed by atoms with E-state index in [1.807, 2.05) is 0 Å². The fourth-order valence-corrected chi connectivity index (χ4v) is 4.68. The Labute approximate surface area is 205 Å². The van der Waals surface area contributed by atoms with Gasteiger partial charge in [-0.3, -0.25) is 9.69 Å². The van der Waals surface area contributed by atoms with Crippen molar-refractivity contribution in [2.45, 2.75) is 37.8 Å². The normalized spacial score (nSPS) is 19.0. The van der Waals surface area contributed by atoms with Gasteiger partial charge in [-0.2, -0.15) is 4.73 Å². The standard InChI is InChI=1S/C23H23Cl2F2N5O2/c1-15(31-7-4-23(26,27)20(12-31)17-2-5-32(34)6-3-17)22(33)29-21-13-30(14-28-21)11-16-8-18(24)10-19(25)9-16/h2-3,5-6,8-10,13-15,20H,4,7,11-12H2,1H3,(H,29,33)/t15-,20+/m0/s1. The Morgan fingerprint density at radius 1 is 1.29 bits per heavy atom. The summed E-state index contributed by atoms with van der Waals surface area (Å²) in [6.45, 7) is 2.21. The van der Waals surface area contributed by atoms with Gasteiger partial charge < -0.3 is 15.1 Å². The lowest BCUT2D eigenvalue weighted by Crippen LogP contribution is -2.52. The molecule has 1 saturated heterocycles. The maximum absolute atomic E-state index is 14.6. The molecule has 3 heterocycles. The van der Waals surface area contributed by atoms with E-state index in [2.05, 4.69) is 10.3 Å². The molecule has 1 aliphatic rings. The SMILES string of the molecule is C[C@@H](C(=O)Nc1cn(Cc2cc(Cl)cc(Cl)c2)cn1)N1CCC(F)(F)[C@@H](c2cc[n+]([O-])cc2)C1. The number of likely N-dealkylation sites (tertiary alicyclic amines) is 1. The Morgan fingerprint density at radius 3 is 2.65 bits per heavy atom. The van der Waals surface area contributed by atoms with E-state index >= 15 is 0 Å². The van der Waals surface area contributed by atoms with Crippen molar-refractivity contribution in [3.8, 4) is 0 Å². The molecular formula is C23H23Cl2F2N5O2. The summed E-state index contributed by atoms with van der Waals surface area (Å²) in [5.41, 5.74) is 1.25. The van der Waals surface area contributed by atoms with Crippen LogP contribution in [0.2, 0.25) is 10.0 Å². The van der Waals surface area contributed by atoms with Gasteiger partial charge in [0.15, 0.2) is 18.2 Å². The Bertz CT molecular complexity index is 1150. The summed E-state index contributed by atoms with van der Waals surface area (Å²) in [5.74, 6) is -4.03. The molecule has 0 unspecified atom stereocenters. The highest BCUT2D eigenvalue weighted by atomic mass is 35.5. The fraction of sp³-hybridized carbons (Fsp3) is 0.348. The number of nitrogens with one attached hydrogen (secondary N) is 1. The Hall–Kier alpha value is -2.75. The molecule has 7 nitrogen and oxygen atoms in total. The number of carbonyl (C=O) groups is 1. The Balaban J connectivity index is 1.40. The minimum Gasteiger partial charge on any atom is -0.619 e. The predicted molar refractivity (Wildman–Crippen MR) is 125 cm³/mol. The zero-order chi connectivity index (χ0) is 24.5. The molecule has 0 saturated carbocycles. The number of rotatable bonds is 6. The number of benzene rings is 1. The predicted octanol–water partition coefficient (Wildman–Crippen LogP) is 4.32. The third kappa shape index (κ3) is 5.65. The van der Waals surface area contributed by atoms with E-state index in [1.165, 1.54) is 24.5 Å².